The number of nitrogens with two attached hydrogens (primary N) is 1. The fourth-order valence-electron chi connectivity index (χ4n) is 5.74. The molecule has 1 saturated heterocycles. The first-order valence-electron chi connectivity index (χ1n) is 13.5. The zero-order valence-electron chi connectivity index (χ0n) is 23.0. The summed E-state index contributed by atoms with van der Waals surface area (Å²) in [4.78, 5) is 46.6. The Balaban J connectivity index is 1.33. The molecular formula is C27H31FN7O6P. The number of phosphoric acid groups is 1. The van der Waals surface area contributed by atoms with Crippen LogP contribution < -0.4 is 26.0 Å². The Morgan fingerprint density at radius 3 is 2.76 bits per heavy atom. The normalized spacial score (nSPS) is 18.9. The second-order valence-electron chi connectivity index (χ2n) is 11.0. The molecule has 1 aromatic carbocycles. The van der Waals surface area contributed by atoms with Gasteiger partial charge in [-0.25, -0.2) is 8.96 Å². The van der Waals surface area contributed by atoms with Crippen molar-refractivity contribution in [3.63, 3.8) is 0 Å². The molecule has 42 heavy (non-hydrogen) atoms. The van der Waals surface area contributed by atoms with Gasteiger partial charge in [-0.05, 0) is 55.2 Å². The van der Waals surface area contributed by atoms with Crippen LogP contribution in [0.1, 0.15) is 29.8 Å². The number of amides is 1. The van der Waals surface area contributed by atoms with Crippen molar-refractivity contribution >= 4 is 25.2 Å². The molecule has 6 rings (SSSR count). The van der Waals surface area contributed by atoms with Crippen LogP contribution in [0.25, 0.3) is 11.1 Å². The van der Waals surface area contributed by atoms with Crippen LogP contribution in [0.2, 0.25) is 0 Å². The Hall–Kier alpha value is -3.68. The number of nitrogens with one attached hydrogen (secondary N) is 2. The zero-order chi connectivity index (χ0) is 29.8. The molecule has 1 amide bonds. The maximum atomic E-state index is 14.7. The third-order valence-electron chi connectivity index (χ3n) is 8.05. The number of carbonyl (C=O) groups excluding carboxylic acids is 1. The van der Waals surface area contributed by atoms with Crippen LogP contribution in [0.3, 0.4) is 0 Å². The summed E-state index contributed by atoms with van der Waals surface area (Å²) in [5.41, 5.74) is 10.1. The van der Waals surface area contributed by atoms with Gasteiger partial charge in [-0.1, -0.05) is 0 Å². The molecule has 2 fully saturated rings. The number of aryl methyl sites for hydroxylation is 1. The van der Waals surface area contributed by atoms with E-state index >= 15 is 0 Å². The van der Waals surface area contributed by atoms with Crippen molar-refractivity contribution < 1.29 is 32.8 Å². The molecule has 1 spiro atoms. The van der Waals surface area contributed by atoms with Gasteiger partial charge in [0.1, 0.15) is 23.4 Å². The predicted molar refractivity (Wildman–Crippen MR) is 151 cm³/mol. The van der Waals surface area contributed by atoms with Gasteiger partial charge in [-0.3, -0.25) is 14.3 Å². The molecule has 1 saturated carbocycles. The molecule has 0 radical (unpaired) electrons. The molecule has 13 nitrogen and oxygen atoms in total. The number of halogens is 1. The molecule has 2 aromatic heterocycles. The van der Waals surface area contributed by atoms with Gasteiger partial charge in [0.25, 0.3) is 0 Å². The average Bonchev–Trinajstić information content (AvgIpc) is 3.50. The lowest BCUT2D eigenvalue weighted by molar-refractivity contribution is -0.124. The fourth-order valence-corrected chi connectivity index (χ4v) is 6.09. The van der Waals surface area contributed by atoms with Gasteiger partial charge in [0, 0.05) is 48.9 Å². The minimum absolute atomic E-state index is 0.127. The van der Waals surface area contributed by atoms with Gasteiger partial charge >= 0.3 is 13.8 Å². The summed E-state index contributed by atoms with van der Waals surface area (Å²) in [7, 11) is -3.02. The molecule has 3 heterocycles. The quantitative estimate of drug-likeness (QED) is 0.177. The number of pyridine rings is 1. The first-order chi connectivity index (χ1) is 19.9. The molecule has 6 N–H and O–H groups in total. The fraction of sp³-hybridized carbons (Fsp3) is 0.407. The van der Waals surface area contributed by atoms with Gasteiger partial charge in [-0.2, -0.15) is 9.97 Å². The number of ether oxygens (including phenoxy) is 1. The highest BCUT2D eigenvalue weighted by molar-refractivity contribution is 7.46. The summed E-state index contributed by atoms with van der Waals surface area (Å²) in [5, 5.41) is 6.02. The van der Waals surface area contributed by atoms with Crippen molar-refractivity contribution in [2.24, 2.45) is 11.1 Å². The van der Waals surface area contributed by atoms with Crippen molar-refractivity contribution in [3.05, 3.63) is 53.2 Å². The SMILES string of the molecule is CNc1cc(F)cc2c1Cc1nc(Oc3ccc(C)nc3)nc(N3C[C@H](NC(=O)[C@@H](N)COP(=O)(O)O)C4(CC4)C3)c1-2. The summed E-state index contributed by atoms with van der Waals surface area (Å²) in [6, 6.07) is 5.10. The third kappa shape index (κ3) is 5.55. The van der Waals surface area contributed by atoms with E-state index in [1.54, 1.807) is 19.3 Å². The molecular weight excluding hydrogens is 568 g/mol. The summed E-state index contributed by atoms with van der Waals surface area (Å²) in [6.45, 7) is 2.21. The van der Waals surface area contributed by atoms with Crippen molar-refractivity contribution in [1.29, 1.82) is 0 Å². The van der Waals surface area contributed by atoms with Crippen molar-refractivity contribution in [2.75, 3.05) is 37.0 Å². The van der Waals surface area contributed by atoms with Gasteiger partial charge < -0.3 is 35.8 Å². The standard InChI is InChI=1S/C27H31FN7O6P/c1-14-3-4-16(10-31-14)41-26-32-21-9-17-18(7-15(28)8-20(17)30-2)23(21)24(34-26)35-11-22(27(13-35)5-6-27)33-25(36)19(29)12-40-42(37,38)39/h3-4,7-8,10,19,22,30H,5-6,9,11-13,29H2,1-2H3,(H,33,36)(H2,37,38,39)/t19-,22-/m0/s1. The number of hydrogen-bond donors (Lipinski definition) is 5. The number of fused-ring (bicyclic) bond motifs is 3. The lowest BCUT2D eigenvalue weighted by Gasteiger charge is -2.22. The maximum Gasteiger partial charge on any atom is 0.469 e. The first-order valence-corrected chi connectivity index (χ1v) is 15.0. The van der Waals surface area contributed by atoms with Crippen molar-refractivity contribution in [1.82, 2.24) is 20.3 Å². The van der Waals surface area contributed by atoms with Crippen LogP contribution in [0.4, 0.5) is 15.9 Å². The number of benzene rings is 1. The average molecular weight is 600 g/mol. The number of anilines is 2. The van der Waals surface area contributed by atoms with Crippen LogP contribution in [0.15, 0.2) is 30.5 Å². The van der Waals surface area contributed by atoms with Gasteiger partial charge in [-0.15, -0.1) is 0 Å². The monoisotopic (exact) mass is 599 g/mol. The molecule has 1 aliphatic heterocycles. The van der Waals surface area contributed by atoms with Crippen LogP contribution in [-0.4, -0.2) is 69.5 Å². The number of phosphoric ester groups is 1. The molecule has 222 valence electrons. The van der Waals surface area contributed by atoms with E-state index in [9.17, 15) is 13.8 Å². The van der Waals surface area contributed by atoms with Gasteiger partial charge in [0.15, 0.2) is 0 Å². The molecule has 0 bridgehead atoms. The minimum Gasteiger partial charge on any atom is -0.423 e. The largest absolute Gasteiger partial charge is 0.469 e. The lowest BCUT2D eigenvalue weighted by Crippen LogP contribution is -2.50. The number of rotatable bonds is 9. The highest BCUT2D eigenvalue weighted by Crippen LogP contribution is 2.55. The smallest absolute Gasteiger partial charge is 0.423 e. The van der Waals surface area contributed by atoms with Crippen LogP contribution in [-0.2, 0) is 20.3 Å². The Morgan fingerprint density at radius 2 is 2.10 bits per heavy atom. The molecule has 2 aliphatic carbocycles. The zero-order valence-corrected chi connectivity index (χ0v) is 23.9. The Labute approximate surface area is 240 Å². The number of hydrogen-bond acceptors (Lipinski definition) is 10. The molecule has 15 heteroatoms. The summed E-state index contributed by atoms with van der Waals surface area (Å²) >= 11 is 0. The van der Waals surface area contributed by atoms with Crippen LogP contribution in [0.5, 0.6) is 11.8 Å². The molecule has 2 atom stereocenters. The Kier molecular flexibility index (Phi) is 7.14. The number of aromatic nitrogens is 3. The van der Waals surface area contributed by atoms with E-state index in [2.05, 4.69) is 25.0 Å². The number of nitrogens with zero attached hydrogens (tertiary/aromatic N) is 4. The topological polar surface area (TPSA) is 185 Å². The van der Waals surface area contributed by atoms with Gasteiger partial charge in [0.05, 0.1) is 24.5 Å². The highest BCUT2D eigenvalue weighted by Gasteiger charge is 2.56. The van der Waals surface area contributed by atoms with E-state index in [1.165, 1.54) is 12.1 Å². The van der Waals surface area contributed by atoms with Crippen LogP contribution in [0, 0.1) is 18.2 Å². The van der Waals surface area contributed by atoms with Crippen LogP contribution >= 0.6 is 7.82 Å². The van der Waals surface area contributed by atoms with E-state index in [-0.39, 0.29) is 23.3 Å². The van der Waals surface area contributed by atoms with E-state index < -0.39 is 26.4 Å². The first kappa shape index (κ1) is 28.4. The highest BCUT2D eigenvalue weighted by atomic mass is 31.2. The predicted octanol–water partition coefficient (Wildman–Crippen LogP) is 2.25. The van der Waals surface area contributed by atoms with Gasteiger partial charge in [0.2, 0.25) is 5.91 Å². The van der Waals surface area contributed by atoms with E-state index in [1.807, 2.05) is 13.0 Å². The third-order valence-corrected chi connectivity index (χ3v) is 8.54. The Morgan fingerprint density at radius 1 is 1.31 bits per heavy atom. The van der Waals surface area contributed by atoms with Crippen molar-refractivity contribution in [3.8, 4) is 22.9 Å². The second-order valence-corrected chi connectivity index (χ2v) is 12.2. The minimum atomic E-state index is -4.76. The number of carbonyl (C=O) groups is 1. The summed E-state index contributed by atoms with van der Waals surface area (Å²) in [5.74, 6) is 0.0792. The van der Waals surface area contributed by atoms with Crippen molar-refractivity contribution in [2.45, 2.75) is 38.3 Å². The lowest BCUT2D eigenvalue weighted by atomic mass is 10.0. The summed E-state index contributed by atoms with van der Waals surface area (Å²) < 4.78 is 36.2. The Bertz CT molecular complexity index is 1600. The van der Waals surface area contributed by atoms with E-state index in [0.29, 0.717) is 53.6 Å². The van der Waals surface area contributed by atoms with E-state index in [0.717, 1.165) is 24.1 Å². The summed E-state index contributed by atoms with van der Waals surface area (Å²) in [6.07, 6.45) is 3.77. The second kappa shape index (κ2) is 10.5. The molecule has 0 unspecified atom stereocenters. The molecule has 3 aromatic rings. The maximum absolute atomic E-state index is 14.7. The van der Waals surface area contributed by atoms with E-state index in [4.69, 9.17) is 30.2 Å². The molecule has 3 aliphatic rings.